The zero-order valence-corrected chi connectivity index (χ0v) is 11.2. The van der Waals surface area contributed by atoms with Crippen molar-refractivity contribution in [3.63, 3.8) is 0 Å². The fourth-order valence-corrected chi connectivity index (χ4v) is 1.25. The van der Waals surface area contributed by atoms with Gasteiger partial charge in [-0.25, -0.2) is 5.84 Å². The standard InChI is InChI=1S/C11H18N4O4/c1-11(2,18-3)6-7-19-10-8(15(16)17)4-5-9(13-10)14-12/h4-5H,6-7,12H2,1-3H3,(H,13,14). The van der Waals surface area contributed by atoms with Crippen LogP contribution in [0.15, 0.2) is 12.1 Å². The molecule has 0 bridgehead atoms. The number of nitro groups is 1. The maximum Gasteiger partial charge on any atom is 0.331 e. The Hall–Kier alpha value is -1.93. The van der Waals surface area contributed by atoms with Crippen LogP contribution in [-0.2, 0) is 4.74 Å². The first-order valence-corrected chi connectivity index (χ1v) is 5.69. The van der Waals surface area contributed by atoms with Crippen molar-refractivity contribution < 1.29 is 14.4 Å². The third kappa shape index (κ3) is 4.34. The molecule has 0 aliphatic rings. The Morgan fingerprint density at radius 1 is 1.53 bits per heavy atom. The lowest BCUT2D eigenvalue weighted by molar-refractivity contribution is -0.386. The van der Waals surface area contributed by atoms with Crippen molar-refractivity contribution in [3.05, 3.63) is 22.2 Å². The number of hydrazine groups is 1. The van der Waals surface area contributed by atoms with Gasteiger partial charge in [-0.15, -0.1) is 0 Å². The van der Waals surface area contributed by atoms with Crippen molar-refractivity contribution >= 4 is 11.5 Å². The van der Waals surface area contributed by atoms with Gasteiger partial charge < -0.3 is 14.9 Å². The minimum atomic E-state index is -0.551. The average Bonchev–Trinajstić information content (AvgIpc) is 2.38. The number of methoxy groups -OCH3 is 1. The minimum Gasteiger partial charge on any atom is -0.473 e. The van der Waals surface area contributed by atoms with Crippen molar-refractivity contribution in [2.24, 2.45) is 5.84 Å². The normalized spacial score (nSPS) is 11.2. The topological polar surface area (TPSA) is 113 Å². The van der Waals surface area contributed by atoms with Gasteiger partial charge in [-0.1, -0.05) is 0 Å². The average molecular weight is 270 g/mol. The van der Waals surface area contributed by atoms with Gasteiger partial charge in [0.1, 0.15) is 5.82 Å². The van der Waals surface area contributed by atoms with E-state index in [0.717, 1.165) is 0 Å². The van der Waals surface area contributed by atoms with Crippen molar-refractivity contribution in [2.45, 2.75) is 25.9 Å². The molecule has 0 amide bonds. The number of nitrogen functional groups attached to an aromatic ring is 1. The summed E-state index contributed by atoms with van der Waals surface area (Å²) in [4.78, 5) is 14.2. The zero-order valence-electron chi connectivity index (χ0n) is 11.2. The number of rotatable bonds is 7. The van der Waals surface area contributed by atoms with E-state index in [0.29, 0.717) is 12.2 Å². The Labute approximate surface area is 111 Å². The van der Waals surface area contributed by atoms with Crippen molar-refractivity contribution in [1.82, 2.24) is 4.98 Å². The van der Waals surface area contributed by atoms with Gasteiger partial charge in [0.2, 0.25) is 0 Å². The van der Waals surface area contributed by atoms with E-state index in [2.05, 4.69) is 10.4 Å². The fraction of sp³-hybridized carbons (Fsp3) is 0.545. The van der Waals surface area contributed by atoms with E-state index in [1.165, 1.54) is 12.1 Å². The lowest BCUT2D eigenvalue weighted by atomic mass is 10.1. The van der Waals surface area contributed by atoms with Gasteiger partial charge in [0.25, 0.3) is 5.88 Å². The molecule has 8 heteroatoms. The van der Waals surface area contributed by atoms with Crippen molar-refractivity contribution in [3.8, 4) is 5.88 Å². The first-order valence-electron chi connectivity index (χ1n) is 5.69. The largest absolute Gasteiger partial charge is 0.473 e. The molecule has 0 fully saturated rings. The molecule has 1 aromatic rings. The highest BCUT2D eigenvalue weighted by molar-refractivity contribution is 5.48. The predicted molar refractivity (Wildman–Crippen MR) is 69.9 cm³/mol. The number of aromatic nitrogens is 1. The van der Waals surface area contributed by atoms with E-state index in [1.54, 1.807) is 7.11 Å². The molecule has 19 heavy (non-hydrogen) atoms. The molecule has 0 aliphatic carbocycles. The van der Waals surface area contributed by atoms with E-state index >= 15 is 0 Å². The molecule has 0 saturated carbocycles. The van der Waals surface area contributed by atoms with Crippen LogP contribution in [0.3, 0.4) is 0 Å². The van der Waals surface area contributed by atoms with Crippen LogP contribution in [0.1, 0.15) is 20.3 Å². The summed E-state index contributed by atoms with van der Waals surface area (Å²) in [6.45, 7) is 4.05. The summed E-state index contributed by atoms with van der Waals surface area (Å²) in [5, 5.41) is 10.8. The Morgan fingerprint density at radius 3 is 2.74 bits per heavy atom. The van der Waals surface area contributed by atoms with Crippen LogP contribution < -0.4 is 16.0 Å². The second kappa shape index (κ2) is 6.30. The van der Waals surface area contributed by atoms with E-state index in [4.69, 9.17) is 15.3 Å². The second-order valence-electron chi connectivity index (χ2n) is 4.48. The van der Waals surface area contributed by atoms with Crippen LogP contribution in [0.25, 0.3) is 0 Å². The number of nitrogens with one attached hydrogen (secondary N) is 1. The number of nitrogens with two attached hydrogens (primary N) is 1. The molecule has 0 unspecified atom stereocenters. The number of hydrogen-bond acceptors (Lipinski definition) is 7. The summed E-state index contributed by atoms with van der Waals surface area (Å²) in [5.74, 6) is 5.44. The first kappa shape index (κ1) is 15.1. The highest BCUT2D eigenvalue weighted by Crippen LogP contribution is 2.26. The lowest BCUT2D eigenvalue weighted by Crippen LogP contribution is -2.25. The molecule has 8 nitrogen and oxygen atoms in total. The highest BCUT2D eigenvalue weighted by atomic mass is 16.6. The third-order valence-electron chi connectivity index (χ3n) is 2.68. The number of nitrogens with zero attached hydrogens (tertiary/aromatic N) is 2. The van der Waals surface area contributed by atoms with Gasteiger partial charge >= 0.3 is 5.69 Å². The summed E-state index contributed by atoms with van der Waals surface area (Å²) in [6, 6.07) is 2.70. The van der Waals surface area contributed by atoms with Crippen LogP contribution in [0.4, 0.5) is 11.5 Å². The van der Waals surface area contributed by atoms with Gasteiger partial charge in [0, 0.05) is 19.6 Å². The van der Waals surface area contributed by atoms with E-state index < -0.39 is 4.92 Å². The van der Waals surface area contributed by atoms with Gasteiger partial charge in [0.05, 0.1) is 17.1 Å². The Bertz CT molecular complexity index is 450. The van der Waals surface area contributed by atoms with Crippen molar-refractivity contribution in [1.29, 1.82) is 0 Å². The molecular weight excluding hydrogens is 252 g/mol. The molecule has 0 spiro atoms. The fourth-order valence-electron chi connectivity index (χ4n) is 1.25. The number of anilines is 1. The van der Waals surface area contributed by atoms with Gasteiger partial charge in [-0.2, -0.15) is 4.98 Å². The predicted octanol–water partition coefficient (Wildman–Crippen LogP) is 1.47. The summed E-state index contributed by atoms with van der Waals surface area (Å²) < 4.78 is 10.6. The molecule has 0 aromatic carbocycles. The molecule has 0 atom stereocenters. The minimum absolute atomic E-state index is 0.0626. The van der Waals surface area contributed by atoms with Crippen molar-refractivity contribution in [2.75, 3.05) is 19.1 Å². The van der Waals surface area contributed by atoms with E-state index in [1.807, 2.05) is 13.8 Å². The Morgan fingerprint density at radius 2 is 2.21 bits per heavy atom. The molecule has 0 saturated heterocycles. The van der Waals surface area contributed by atoms with E-state index in [9.17, 15) is 10.1 Å². The maximum atomic E-state index is 10.8. The summed E-state index contributed by atoms with van der Waals surface area (Å²) in [5.41, 5.74) is 1.75. The molecule has 1 aromatic heterocycles. The number of ether oxygens (including phenoxy) is 2. The molecule has 1 heterocycles. The monoisotopic (exact) mass is 270 g/mol. The first-order chi connectivity index (χ1) is 8.89. The summed E-state index contributed by atoms with van der Waals surface area (Å²) in [7, 11) is 1.60. The molecule has 3 N–H and O–H groups in total. The van der Waals surface area contributed by atoms with E-state index in [-0.39, 0.29) is 23.8 Å². The highest BCUT2D eigenvalue weighted by Gasteiger charge is 2.20. The zero-order chi connectivity index (χ0) is 14.5. The quantitative estimate of drug-likeness (QED) is 0.438. The Balaban J connectivity index is 2.78. The van der Waals surface area contributed by atoms with Gasteiger partial charge in [-0.3, -0.25) is 10.1 Å². The number of pyridine rings is 1. The Kier molecular flexibility index (Phi) is 5.02. The lowest BCUT2D eigenvalue weighted by Gasteiger charge is -2.22. The molecular formula is C11H18N4O4. The van der Waals surface area contributed by atoms with Crippen LogP contribution in [0.2, 0.25) is 0 Å². The van der Waals surface area contributed by atoms with Gasteiger partial charge in [0.15, 0.2) is 0 Å². The molecule has 0 aliphatic heterocycles. The van der Waals surface area contributed by atoms with Crippen LogP contribution >= 0.6 is 0 Å². The number of hydrogen-bond donors (Lipinski definition) is 2. The summed E-state index contributed by atoms with van der Waals surface area (Å²) in [6.07, 6.45) is 0.572. The third-order valence-corrected chi connectivity index (χ3v) is 2.68. The molecule has 0 radical (unpaired) electrons. The summed E-state index contributed by atoms with van der Waals surface area (Å²) >= 11 is 0. The maximum absolute atomic E-state index is 10.8. The SMILES string of the molecule is COC(C)(C)CCOc1nc(NN)ccc1[N+](=O)[O-]. The van der Waals surface area contributed by atoms with Gasteiger partial charge in [-0.05, 0) is 19.9 Å². The molecule has 106 valence electrons. The van der Waals surface area contributed by atoms with Crippen LogP contribution in [0.5, 0.6) is 5.88 Å². The molecule has 1 rings (SSSR count). The smallest absolute Gasteiger partial charge is 0.331 e. The second-order valence-corrected chi connectivity index (χ2v) is 4.48. The van der Waals surface area contributed by atoms with Crippen LogP contribution in [-0.4, -0.2) is 29.2 Å². The van der Waals surface area contributed by atoms with Crippen LogP contribution in [0, 0.1) is 10.1 Å².